The lowest BCUT2D eigenvalue weighted by molar-refractivity contribution is -0.858. The molecule has 1 aromatic carbocycles. The number of H-pyrrole nitrogens is 1. The quantitative estimate of drug-likeness (QED) is 0.593. The van der Waals surface area contributed by atoms with Crippen molar-refractivity contribution in [3.05, 3.63) is 45.2 Å². The number of pyridine rings is 1. The van der Waals surface area contributed by atoms with E-state index < -0.39 is 0 Å². The van der Waals surface area contributed by atoms with Gasteiger partial charge < -0.3 is 20.1 Å². The molecule has 0 saturated heterocycles. The molecule has 0 aliphatic heterocycles. The van der Waals surface area contributed by atoms with Crippen molar-refractivity contribution >= 4 is 28.2 Å². The Morgan fingerprint density at radius 1 is 1.20 bits per heavy atom. The van der Waals surface area contributed by atoms with E-state index in [1.165, 1.54) is 42.6 Å². The average molecular weight is 430 g/mol. The molecule has 1 saturated carbocycles. The van der Waals surface area contributed by atoms with E-state index in [4.69, 9.17) is 12.2 Å². The molecule has 0 bridgehead atoms. The summed E-state index contributed by atoms with van der Waals surface area (Å²) in [5.74, 6) is 0. The van der Waals surface area contributed by atoms with Gasteiger partial charge in [-0.25, -0.2) is 0 Å². The van der Waals surface area contributed by atoms with Crippen LogP contribution in [-0.2, 0) is 6.54 Å². The number of nitrogens with zero attached hydrogens (tertiary/aromatic N) is 1. The predicted octanol–water partition coefficient (Wildman–Crippen LogP) is 2.69. The Labute approximate surface area is 185 Å². The van der Waals surface area contributed by atoms with Gasteiger partial charge in [0.15, 0.2) is 5.11 Å². The maximum atomic E-state index is 12.9. The van der Waals surface area contributed by atoms with E-state index in [2.05, 4.69) is 48.4 Å². The molecule has 0 atom stereocenters. The maximum absolute atomic E-state index is 12.9. The molecule has 6 heteroatoms. The third-order valence-electron chi connectivity index (χ3n) is 6.06. The topological polar surface area (TPSA) is 52.6 Å². The molecule has 2 aromatic rings. The Morgan fingerprint density at radius 3 is 2.63 bits per heavy atom. The number of aromatic amines is 1. The van der Waals surface area contributed by atoms with Gasteiger partial charge in [-0.15, -0.1) is 0 Å². The van der Waals surface area contributed by atoms with Crippen molar-refractivity contribution in [2.24, 2.45) is 0 Å². The second kappa shape index (κ2) is 10.4. The highest BCUT2D eigenvalue weighted by atomic mass is 32.1. The Kier molecular flexibility index (Phi) is 7.89. The number of quaternary nitrogens is 1. The molecule has 1 aliphatic carbocycles. The monoisotopic (exact) mass is 429 g/mol. The molecule has 3 N–H and O–H groups in total. The van der Waals surface area contributed by atoms with Gasteiger partial charge in [0.05, 0.1) is 32.7 Å². The Hall–Kier alpha value is -1.92. The molecule has 0 unspecified atom stereocenters. The number of hydrogen-bond acceptors (Lipinski definition) is 2. The predicted molar refractivity (Wildman–Crippen MR) is 129 cm³/mol. The molecule has 3 rings (SSSR count). The average Bonchev–Trinajstić information content (AvgIpc) is 2.68. The number of benzene rings is 1. The summed E-state index contributed by atoms with van der Waals surface area (Å²) in [6.45, 7) is 6.61. The summed E-state index contributed by atoms with van der Waals surface area (Å²) in [5, 5.41) is 5.47. The number of hydrogen-bond donors (Lipinski definition) is 3. The minimum Gasteiger partial charge on any atom is -0.360 e. The van der Waals surface area contributed by atoms with Gasteiger partial charge in [0.1, 0.15) is 0 Å². The SMILES string of the molecule is Cc1cc(C)c2[nH]c(=O)c(CN(CCC[NH+](C)C)C(=S)NC3CCCCC3)cc2c1. The summed E-state index contributed by atoms with van der Waals surface area (Å²) in [6, 6.07) is 6.76. The van der Waals surface area contributed by atoms with Gasteiger partial charge in [0.25, 0.3) is 5.56 Å². The number of thiocarbonyl (C=S) groups is 1. The van der Waals surface area contributed by atoms with Crippen molar-refractivity contribution in [1.82, 2.24) is 15.2 Å². The molecule has 0 spiro atoms. The summed E-state index contributed by atoms with van der Waals surface area (Å²) in [7, 11) is 4.34. The van der Waals surface area contributed by atoms with E-state index in [0.717, 1.165) is 46.7 Å². The number of aromatic nitrogens is 1. The summed E-state index contributed by atoms with van der Waals surface area (Å²) in [5.41, 5.74) is 4.00. The molecule has 1 aliphatic rings. The van der Waals surface area contributed by atoms with Crippen LogP contribution < -0.4 is 15.8 Å². The van der Waals surface area contributed by atoms with E-state index in [1.54, 1.807) is 0 Å². The second-order valence-electron chi connectivity index (χ2n) is 9.19. The fourth-order valence-electron chi connectivity index (χ4n) is 4.44. The van der Waals surface area contributed by atoms with Crippen molar-refractivity contribution in [1.29, 1.82) is 0 Å². The zero-order valence-electron chi connectivity index (χ0n) is 18.9. The zero-order valence-corrected chi connectivity index (χ0v) is 19.8. The van der Waals surface area contributed by atoms with Gasteiger partial charge >= 0.3 is 0 Å². The number of aryl methyl sites for hydroxylation is 2. The van der Waals surface area contributed by atoms with Gasteiger partial charge in [-0.2, -0.15) is 0 Å². The van der Waals surface area contributed by atoms with Crippen LogP contribution in [0, 0.1) is 13.8 Å². The first-order valence-electron chi connectivity index (χ1n) is 11.3. The lowest BCUT2D eigenvalue weighted by Gasteiger charge is -2.31. The van der Waals surface area contributed by atoms with E-state index in [9.17, 15) is 4.79 Å². The molecular formula is C24H37N4OS+. The smallest absolute Gasteiger partial charge is 0.253 e. The van der Waals surface area contributed by atoms with Crippen molar-refractivity contribution in [2.75, 3.05) is 27.2 Å². The third-order valence-corrected chi connectivity index (χ3v) is 6.43. The molecule has 1 heterocycles. The van der Waals surface area contributed by atoms with Crippen LogP contribution in [0.5, 0.6) is 0 Å². The maximum Gasteiger partial charge on any atom is 0.253 e. The fourth-order valence-corrected chi connectivity index (χ4v) is 4.77. The molecule has 0 amide bonds. The van der Waals surface area contributed by atoms with Gasteiger partial charge in [0.2, 0.25) is 0 Å². The molecular weight excluding hydrogens is 392 g/mol. The second-order valence-corrected chi connectivity index (χ2v) is 9.57. The molecule has 1 fully saturated rings. The third kappa shape index (κ3) is 6.05. The molecule has 164 valence electrons. The van der Waals surface area contributed by atoms with Gasteiger partial charge in [-0.05, 0) is 62.0 Å². The minimum absolute atomic E-state index is 0.0156. The molecule has 0 radical (unpaired) electrons. The number of nitrogens with one attached hydrogen (secondary N) is 3. The van der Waals surface area contributed by atoms with Gasteiger partial charge in [-0.3, -0.25) is 4.79 Å². The Morgan fingerprint density at radius 2 is 1.93 bits per heavy atom. The summed E-state index contributed by atoms with van der Waals surface area (Å²) < 4.78 is 0. The van der Waals surface area contributed by atoms with E-state index in [-0.39, 0.29) is 5.56 Å². The summed E-state index contributed by atoms with van der Waals surface area (Å²) in [4.78, 5) is 19.6. The van der Waals surface area contributed by atoms with Crippen LogP contribution in [-0.4, -0.2) is 48.2 Å². The van der Waals surface area contributed by atoms with Crippen LogP contribution in [0.3, 0.4) is 0 Å². The van der Waals surface area contributed by atoms with E-state index in [1.807, 2.05) is 13.0 Å². The van der Waals surface area contributed by atoms with Gasteiger partial charge in [0, 0.05) is 24.6 Å². The van der Waals surface area contributed by atoms with Crippen molar-refractivity contribution in [3.8, 4) is 0 Å². The van der Waals surface area contributed by atoms with Crippen LogP contribution in [0.15, 0.2) is 23.0 Å². The summed E-state index contributed by atoms with van der Waals surface area (Å²) >= 11 is 5.81. The first-order chi connectivity index (χ1) is 14.3. The van der Waals surface area contributed by atoms with Crippen molar-refractivity contribution in [3.63, 3.8) is 0 Å². The van der Waals surface area contributed by atoms with Crippen LogP contribution in [0.4, 0.5) is 0 Å². The van der Waals surface area contributed by atoms with Crippen LogP contribution in [0.2, 0.25) is 0 Å². The number of fused-ring (bicyclic) bond motifs is 1. The first-order valence-corrected chi connectivity index (χ1v) is 11.7. The summed E-state index contributed by atoms with van der Waals surface area (Å²) in [6.07, 6.45) is 7.28. The lowest BCUT2D eigenvalue weighted by atomic mass is 9.96. The van der Waals surface area contributed by atoms with E-state index >= 15 is 0 Å². The first kappa shape index (κ1) is 22.8. The largest absolute Gasteiger partial charge is 0.360 e. The standard InChI is InChI=1S/C24H36N4OS/c1-17-13-18(2)22-19(14-17)15-20(23(29)26-22)16-28(12-8-11-27(3)4)24(30)25-21-9-6-5-7-10-21/h13-15,21H,5-12,16H2,1-4H3,(H,25,30)(H,26,29)/p+1. The highest BCUT2D eigenvalue weighted by molar-refractivity contribution is 7.80. The normalized spacial score (nSPS) is 15.0. The molecule has 30 heavy (non-hydrogen) atoms. The van der Waals surface area contributed by atoms with Crippen molar-refractivity contribution in [2.45, 2.75) is 65.0 Å². The molecule has 1 aromatic heterocycles. The minimum atomic E-state index is -0.0156. The molecule has 5 nitrogen and oxygen atoms in total. The fraction of sp³-hybridized carbons (Fsp3) is 0.583. The van der Waals surface area contributed by atoms with Crippen LogP contribution in [0.25, 0.3) is 10.9 Å². The Bertz CT molecular complexity index is 931. The van der Waals surface area contributed by atoms with Crippen LogP contribution in [0.1, 0.15) is 55.2 Å². The van der Waals surface area contributed by atoms with Crippen LogP contribution >= 0.6 is 12.2 Å². The Balaban J connectivity index is 1.81. The number of rotatable bonds is 7. The highest BCUT2D eigenvalue weighted by Gasteiger charge is 2.19. The zero-order chi connectivity index (χ0) is 21.7. The van der Waals surface area contributed by atoms with Gasteiger partial charge in [-0.1, -0.05) is 30.9 Å². The highest BCUT2D eigenvalue weighted by Crippen LogP contribution is 2.20. The van der Waals surface area contributed by atoms with Crippen molar-refractivity contribution < 1.29 is 4.90 Å². The van der Waals surface area contributed by atoms with E-state index in [0.29, 0.717) is 12.6 Å². The lowest BCUT2D eigenvalue weighted by Crippen LogP contribution is -3.05.